The summed E-state index contributed by atoms with van der Waals surface area (Å²) in [6, 6.07) is 23.7. The highest BCUT2D eigenvalue weighted by Gasteiger charge is 2.26. The fraction of sp³-hybridized carbons (Fsp3) is 0.694. The number of methoxy groups -OCH3 is 2. The van der Waals surface area contributed by atoms with E-state index in [2.05, 4.69) is 110 Å². The SMILES string of the molecule is C=C(c1cc(O)cc(O)c1)C(C)(C)C.C=C(c1cc(OC)cc(OC)c1)C(C)(C)C.CC(=O)C(C)C.CC(C)C(=O)OC(C)(C)C.CC(C)CC(C)O.CC(C)CC(C)O.CC(C)CCF.CC(C)CCF.CC(C)C[C@H](C)O.Cc1ccc(S(=O)(=O)OCC(CC(C)C)OC2CCCCO2)cc1.Cc1ccc(S(=O)(=O)OCCC(C)(C)C)cc1. The highest BCUT2D eigenvalue weighted by molar-refractivity contribution is 7.87. The second-order valence-corrected chi connectivity index (χ2v) is 41.3. The molecule has 1 fully saturated rings. The molecule has 1 aliphatic rings. The summed E-state index contributed by atoms with van der Waals surface area (Å²) < 4.78 is 108. The van der Waals surface area contributed by atoms with Crippen LogP contribution in [0, 0.1) is 77.4 Å². The molecule has 0 bridgehead atoms. The van der Waals surface area contributed by atoms with Gasteiger partial charge in [0.05, 0.1) is 80.9 Å². The van der Waals surface area contributed by atoms with Gasteiger partial charge >= 0.3 is 5.97 Å². The fourth-order valence-electron chi connectivity index (χ4n) is 9.41. The Hall–Kier alpha value is -5.82. The van der Waals surface area contributed by atoms with Crippen LogP contribution in [0.25, 0.3) is 11.1 Å². The summed E-state index contributed by atoms with van der Waals surface area (Å²) in [7, 11) is -4.07. The van der Waals surface area contributed by atoms with Crippen LogP contribution < -0.4 is 9.47 Å². The summed E-state index contributed by atoms with van der Waals surface area (Å²) in [5, 5.41) is 44.8. The number of hydrogen-bond donors (Lipinski definition) is 5. The second kappa shape index (κ2) is 65.8. The molecular formula is C98H174F2O18S2. The number of carbonyl (C=O) groups excluding carboxylic acids is 2. The van der Waals surface area contributed by atoms with E-state index in [1.807, 2.05) is 150 Å². The van der Waals surface area contributed by atoms with Gasteiger partial charge in [0, 0.05) is 24.7 Å². The van der Waals surface area contributed by atoms with Crippen molar-refractivity contribution in [1.29, 1.82) is 0 Å². The van der Waals surface area contributed by atoms with Crippen molar-refractivity contribution in [3.05, 3.63) is 120 Å². The summed E-state index contributed by atoms with van der Waals surface area (Å²) in [5.41, 5.74) is 5.53. The van der Waals surface area contributed by atoms with Crippen molar-refractivity contribution in [2.45, 2.75) is 346 Å². The minimum Gasteiger partial charge on any atom is -0.508 e. The first-order chi connectivity index (χ1) is 54.6. The number of ketones is 1. The lowest BCUT2D eigenvalue weighted by atomic mass is 9.83. The molecule has 0 amide bonds. The zero-order valence-corrected chi connectivity index (χ0v) is 83.4. The quantitative estimate of drug-likeness (QED) is 0.0261. The molecule has 0 aromatic heterocycles. The fourth-order valence-corrected chi connectivity index (χ4v) is 11.3. The zero-order chi connectivity index (χ0) is 95.0. The van der Waals surface area contributed by atoms with Crippen molar-refractivity contribution in [2.75, 3.05) is 47.4 Å². The average Bonchev–Trinajstić information content (AvgIpc) is 0.887. The van der Waals surface area contributed by atoms with Gasteiger partial charge in [0.2, 0.25) is 0 Å². The molecule has 18 nitrogen and oxygen atoms in total. The number of esters is 1. The topological polar surface area (TPSA) is 268 Å². The number of carbonyl (C=O) groups is 2. The first-order valence-corrected chi connectivity index (χ1v) is 45.7. The van der Waals surface area contributed by atoms with Crippen molar-refractivity contribution in [2.24, 2.45) is 63.6 Å². The van der Waals surface area contributed by atoms with Crippen molar-refractivity contribution in [3.8, 4) is 23.0 Å². The third-order valence-corrected chi connectivity index (χ3v) is 19.2. The third kappa shape index (κ3) is 75.9. The largest absolute Gasteiger partial charge is 0.508 e. The molecule has 5 N–H and O–H groups in total. The lowest BCUT2D eigenvalue weighted by Crippen LogP contribution is -2.32. The van der Waals surface area contributed by atoms with E-state index in [-0.39, 0.29) is 124 Å². The van der Waals surface area contributed by atoms with Gasteiger partial charge in [0.25, 0.3) is 20.2 Å². The van der Waals surface area contributed by atoms with Crippen LogP contribution in [0.2, 0.25) is 0 Å². The molecule has 0 radical (unpaired) electrons. The molecule has 700 valence electrons. The molecule has 0 spiro atoms. The number of aliphatic hydroxyl groups excluding tert-OH is 3. The highest BCUT2D eigenvalue weighted by atomic mass is 32.2. The number of phenols is 2. The Morgan fingerprint density at radius 3 is 1.07 bits per heavy atom. The van der Waals surface area contributed by atoms with E-state index < -0.39 is 20.2 Å². The predicted octanol–water partition coefficient (Wildman–Crippen LogP) is 25.2. The van der Waals surface area contributed by atoms with Gasteiger partial charge in [-0.3, -0.25) is 26.7 Å². The van der Waals surface area contributed by atoms with E-state index in [0.717, 1.165) is 89.8 Å². The first-order valence-electron chi connectivity index (χ1n) is 42.9. The number of phenolic OH excluding ortho intramolecular Hbond substituents is 2. The number of alkyl halides is 2. The maximum Gasteiger partial charge on any atom is 0.308 e. The van der Waals surface area contributed by atoms with E-state index in [4.69, 9.17) is 47.4 Å². The van der Waals surface area contributed by atoms with E-state index in [9.17, 15) is 45.4 Å². The van der Waals surface area contributed by atoms with Crippen LogP contribution in [0.5, 0.6) is 23.0 Å². The first kappa shape index (κ1) is 125. The van der Waals surface area contributed by atoms with Crippen molar-refractivity contribution in [1.82, 2.24) is 0 Å². The zero-order valence-electron chi connectivity index (χ0n) is 81.7. The monoisotopic (exact) mass is 1740 g/mol. The van der Waals surface area contributed by atoms with Crippen molar-refractivity contribution in [3.63, 3.8) is 0 Å². The number of allylic oxidation sites excluding steroid dienone is 2. The van der Waals surface area contributed by atoms with Gasteiger partial charge in [0.1, 0.15) is 34.4 Å². The van der Waals surface area contributed by atoms with E-state index in [1.54, 1.807) is 81.8 Å². The van der Waals surface area contributed by atoms with Gasteiger partial charge in [-0.1, -0.05) is 222 Å². The van der Waals surface area contributed by atoms with Crippen LogP contribution in [-0.4, -0.2) is 138 Å². The van der Waals surface area contributed by atoms with Gasteiger partial charge in [0.15, 0.2) is 6.29 Å². The van der Waals surface area contributed by atoms with Gasteiger partial charge < -0.3 is 49.2 Å². The van der Waals surface area contributed by atoms with Crippen molar-refractivity contribution < 1.29 is 92.8 Å². The van der Waals surface area contributed by atoms with Gasteiger partial charge in [-0.05, 0) is 249 Å². The number of ether oxygens (including phenoxy) is 5. The average molecular weight is 1740 g/mol. The smallest absolute Gasteiger partial charge is 0.308 e. The molecule has 5 atom stereocenters. The van der Waals surface area contributed by atoms with Gasteiger partial charge in [-0.2, -0.15) is 16.8 Å². The summed E-state index contributed by atoms with van der Waals surface area (Å²) in [5.74, 6) is 5.32. The molecule has 120 heavy (non-hydrogen) atoms. The Kier molecular flexibility index (Phi) is 68.5. The molecule has 0 aliphatic carbocycles. The molecule has 5 rings (SSSR count). The number of hydrogen-bond acceptors (Lipinski definition) is 18. The molecule has 22 heteroatoms. The Morgan fingerprint density at radius 2 is 0.842 bits per heavy atom. The number of halogens is 2. The summed E-state index contributed by atoms with van der Waals surface area (Å²) >= 11 is 0. The van der Waals surface area contributed by atoms with Crippen molar-refractivity contribution >= 4 is 43.1 Å². The highest BCUT2D eigenvalue weighted by Crippen LogP contribution is 2.37. The second-order valence-electron chi connectivity index (χ2n) is 38.1. The standard InChI is InChI=1S/C18H28O5S.C14H20O2.C13H20O3S.C12H16O2.C8H16O2.3C6H14O.2C5H11F.C5H10O/c1-14(2)12-16(23-18-6-4-5-11-21-18)13-22-24(19,20)17-9-7-15(3)8-10-17;1-10(14(2,3)4)11-7-12(15-5)9-13(8-11)16-6;1-11-5-7-12(8-6-11)17(14,15)16-10-9-13(2,3)4;1-8(12(2,3)4)9-5-10(13)7-11(14)6-9;1-6(2)7(9)10-8(3,4)5;3*1-5(2)4-6(3)7;2*1-5(2)3-4-6;1-4(2)5(3)6/h7-10,14,16,18H,4-6,11-13H2,1-3H3;7-9H,1H2,2-6H3;5-8H,9-10H2,1-4H3;5-7,13-14H,1H2,2-4H3;6H,1-5H3;3*5-7H,4H2,1-3H3;2*5H,3-4H2,1-2H3;4H,1-3H3/t;;;;;6-;;;;;/m.....0...../s1. The van der Waals surface area contributed by atoms with E-state index >= 15 is 0 Å². The molecule has 1 heterocycles. The lowest BCUT2D eigenvalue weighted by Gasteiger charge is -2.28. The summed E-state index contributed by atoms with van der Waals surface area (Å²) in [6.07, 6.45) is 7.64. The minimum absolute atomic E-state index is 0.00818. The third-order valence-electron chi connectivity index (χ3n) is 16.6. The molecular weight excluding hydrogens is 1570 g/mol. The predicted molar refractivity (Wildman–Crippen MR) is 497 cm³/mol. The maximum atomic E-state index is 12.3. The number of Topliss-reactive ketones (excluding diaryl/α,β-unsaturated/α-hetero) is 1. The molecule has 4 aromatic rings. The Labute approximate surface area is 731 Å². The van der Waals surface area contributed by atoms with E-state index in [1.165, 1.54) is 6.07 Å². The number of aromatic hydroxyl groups is 2. The molecule has 1 aliphatic heterocycles. The molecule has 0 saturated carbocycles. The van der Waals surface area contributed by atoms with Gasteiger partial charge in [-0.15, -0.1) is 0 Å². The van der Waals surface area contributed by atoms with Crippen LogP contribution in [0.3, 0.4) is 0 Å². The van der Waals surface area contributed by atoms with Gasteiger partial charge in [-0.25, -0.2) is 0 Å². The van der Waals surface area contributed by atoms with Crippen LogP contribution in [0.4, 0.5) is 8.78 Å². The number of aliphatic hydroxyl groups is 3. The van der Waals surface area contributed by atoms with Crippen LogP contribution in [0.15, 0.2) is 108 Å². The Bertz CT molecular complexity index is 3410. The number of rotatable bonds is 28. The summed E-state index contributed by atoms with van der Waals surface area (Å²) in [6.45, 7) is 76.1. The Balaban J connectivity index is -0.000000309. The Morgan fingerprint density at radius 1 is 0.500 bits per heavy atom. The van der Waals surface area contributed by atoms with Crippen LogP contribution in [-0.2, 0) is 52.4 Å². The summed E-state index contributed by atoms with van der Waals surface area (Å²) in [4.78, 5) is 21.5. The van der Waals surface area contributed by atoms with Crippen LogP contribution in [0.1, 0.15) is 308 Å². The minimum atomic E-state index is -3.77. The number of benzene rings is 4. The molecule has 4 unspecified atom stereocenters. The van der Waals surface area contributed by atoms with Crippen LogP contribution >= 0.6 is 0 Å². The number of aryl methyl sites for hydroxylation is 2. The normalized spacial score (nSPS) is 13.7. The van der Waals surface area contributed by atoms with E-state index in [0.29, 0.717) is 61.4 Å². The lowest BCUT2D eigenvalue weighted by molar-refractivity contribution is -0.195. The molecule has 1 saturated heterocycles. The maximum absolute atomic E-state index is 12.3. The molecule has 4 aromatic carbocycles.